The van der Waals surface area contributed by atoms with E-state index in [4.69, 9.17) is 8.37 Å². The summed E-state index contributed by atoms with van der Waals surface area (Å²) >= 11 is 0. The lowest BCUT2D eigenvalue weighted by Gasteiger charge is -2.32. The molecule has 258 valence electrons. The van der Waals surface area contributed by atoms with Crippen LogP contribution in [0.5, 0.6) is 11.5 Å². The van der Waals surface area contributed by atoms with E-state index in [0.29, 0.717) is 58.8 Å². The largest absolute Gasteiger partial charge is 0.446 e. The molecule has 0 saturated carbocycles. The minimum Gasteiger partial charge on any atom is -0.361 e. The predicted molar refractivity (Wildman–Crippen MR) is 190 cm³/mol. The van der Waals surface area contributed by atoms with Crippen molar-refractivity contribution >= 4 is 20.8 Å². The third-order valence-corrected chi connectivity index (χ3v) is 15.0. The van der Waals surface area contributed by atoms with E-state index in [1.807, 2.05) is 0 Å². The molecule has 0 heterocycles. The van der Waals surface area contributed by atoms with E-state index in [2.05, 4.69) is 72.8 Å². The summed E-state index contributed by atoms with van der Waals surface area (Å²) in [6.07, 6.45) is 3.20. The Kier molecular flexibility index (Phi) is 5.02. The van der Waals surface area contributed by atoms with E-state index in [9.17, 15) is 25.9 Å². The van der Waals surface area contributed by atoms with Gasteiger partial charge in [0.25, 0.3) is 0 Å². The highest BCUT2D eigenvalue weighted by Gasteiger charge is 2.56. The van der Waals surface area contributed by atoms with Crippen LogP contribution in [0.1, 0.15) is 162 Å². The molecule has 13 rings (SSSR count). The summed E-state index contributed by atoms with van der Waals surface area (Å²) in [6.45, 7) is 0. The summed E-state index contributed by atoms with van der Waals surface area (Å²) in [5.74, 6) is 0.158. The smallest absolute Gasteiger partial charge is 0.361 e. The molecule has 10 heteroatoms. The third-order valence-electron chi connectivity index (χ3n) is 14.3. The van der Waals surface area contributed by atoms with Crippen molar-refractivity contribution in [3.63, 3.8) is 0 Å². The maximum absolute atomic E-state index is 12.7. The van der Waals surface area contributed by atoms with E-state index >= 15 is 0 Å². The van der Waals surface area contributed by atoms with E-state index in [-0.39, 0.29) is 35.2 Å². The van der Waals surface area contributed by atoms with Gasteiger partial charge in [-0.05, 0) is 92.4 Å². The van der Waals surface area contributed by atoms with Gasteiger partial charge in [-0.3, -0.25) is 9.11 Å². The SMILES string of the molecule is O=S(=O)(O)Oc1c2c(c(OS(=O)(=O)O)c3c1C1C[C@H]3c3cc4c(cc31)[C@@H]1CC4c3ccccc31)C1CC2c2cc3c(cc21)[C@@H]1CC3c2ccccc21. The van der Waals surface area contributed by atoms with Gasteiger partial charge in [-0.25, -0.2) is 0 Å². The lowest BCUT2D eigenvalue weighted by atomic mass is 9.74. The first kappa shape index (κ1) is 29.0. The highest BCUT2D eigenvalue weighted by molar-refractivity contribution is 7.81. The van der Waals surface area contributed by atoms with Crippen LogP contribution in [0, 0.1) is 0 Å². The van der Waals surface area contributed by atoms with Crippen molar-refractivity contribution in [3.8, 4) is 11.5 Å². The van der Waals surface area contributed by atoms with Crippen LogP contribution >= 0.6 is 0 Å². The van der Waals surface area contributed by atoms with Gasteiger partial charge in [0.15, 0.2) is 11.5 Å². The first-order chi connectivity index (χ1) is 25.0. The normalized spacial score (nSPS) is 29.0. The first-order valence-corrected chi connectivity index (χ1v) is 20.9. The maximum Gasteiger partial charge on any atom is 0.446 e. The number of hydrogen-bond acceptors (Lipinski definition) is 6. The molecule has 8 aliphatic rings. The quantitative estimate of drug-likeness (QED) is 0.179. The Labute approximate surface area is 300 Å². The van der Waals surface area contributed by atoms with Gasteiger partial charge in [0.1, 0.15) is 0 Å². The fraction of sp³-hybridized carbons (Fsp3) is 0.286. The minimum atomic E-state index is -4.96. The van der Waals surface area contributed by atoms with Crippen LogP contribution in [0.4, 0.5) is 0 Å². The zero-order valence-corrected chi connectivity index (χ0v) is 29.2. The number of fused-ring (bicyclic) bond motifs is 32. The van der Waals surface area contributed by atoms with Crippen molar-refractivity contribution in [3.05, 3.63) is 162 Å². The Morgan fingerprint density at radius 1 is 0.385 bits per heavy atom. The molecular weight excluding hydrogens is 697 g/mol. The summed E-state index contributed by atoms with van der Waals surface area (Å²) in [5, 5.41) is 0. The topological polar surface area (TPSA) is 127 Å². The van der Waals surface area contributed by atoms with Crippen LogP contribution in [0.2, 0.25) is 0 Å². The number of benzene rings is 5. The van der Waals surface area contributed by atoms with Gasteiger partial charge >= 0.3 is 20.8 Å². The maximum atomic E-state index is 12.7. The van der Waals surface area contributed by atoms with Crippen LogP contribution in [0.3, 0.4) is 0 Å². The Hall–Kier alpha value is -4.48. The summed E-state index contributed by atoms with van der Waals surface area (Å²) in [4.78, 5) is 0. The van der Waals surface area contributed by atoms with Crippen LogP contribution in [0.25, 0.3) is 0 Å². The molecule has 0 spiro atoms. The van der Waals surface area contributed by atoms with E-state index in [1.54, 1.807) is 0 Å². The van der Waals surface area contributed by atoms with Crippen molar-refractivity contribution in [2.75, 3.05) is 0 Å². The summed E-state index contributed by atoms with van der Waals surface area (Å²) in [6, 6.07) is 26.3. The van der Waals surface area contributed by atoms with Crippen LogP contribution < -0.4 is 8.37 Å². The zero-order valence-electron chi connectivity index (χ0n) is 27.5. The molecule has 52 heavy (non-hydrogen) atoms. The molecule has 0 fully saturated rings. The highest BCUT2D eigenvalue weighted by atomic mass is 32.3. The molecule has 0 radical (unpaired) electrons. The van der Waals surface area contributed by atoms with Gasteiger partial charge < -0.3 is 8.37 Å². The Balaban J connectivity index is 1.03. The molecular formula is C42H30O8S2. The molecule has 5 aromatic carbocycles. The van der Waals surface area contributed by atoms with Gasteiger partial charge in [-0.1, -0.05) is 72.8 Å². The van der Waals surface area contributed by atoms with Gasteiger partial charge in [-0.15, -0.1) is 0 Å². The van der Waals surface area contributed by atoms with Crippen LogP contribution in [-0.4, -0.2) is 25.9 Å². The van der Waals surface area contributed by atoms with Crippen molar-refractivity contribution in [2.45, 2.75) is 73.0 Å². The summed E-state index contributed by atoms with van der Waals surface area (Å²) < 4.78 is 82.7. The Morgan fingerprint density at radius 3 is 0.865 bits per heavy atom. The Morgan fingerprint density at radius 2 is 0.615 bits per heavy atom. The summed E-state index contributed by atoms with van der Waals surface area (Å²) in [7, 11) is -9.93. The highest BCUT2D eigenvalue weighted by Crippen LogP contribution is 2.71. The van der Waals surface area contributed by atoms with Gasteiger partial charge in [-0.2, -0.15) is 16.8 Å². The molecule has 8 atom stereocenters. The van der Waals surface area contributed by atoms with Gasteiger partial charge in [0.2, 0.25) is 0 Å². The average Bonchev–Trinajstić information content (AvgIpc) is 3.98. The molecule has 0 aromatic heterocycles. The number of hydrogen-bond donors (Lipinski definition) is 2. The lowest BCUT2D eigenvalue weighted by molar-refractivity contribution is 0.375. The van der Waals surface area contributed by atoms with E-state index < -0.39 is 20.8 Å². The monoisotopic (exact) mass is 726 g/mol. The molecule has 8 aliphatic carbocycles. The van der Waals surface area contributed by atoms with Crippen LogP contribution in [-0.2, 0) is 20.8 Å². The molecule has 5 aromatic rings. The van der Waals surface area contributed by atoms with Crippen molar-refractivity contribution < 1.29 is 34.3 Å². The first-order valence-electron chi connectivity index (χ1n) is 18.1. The fourth-order valence-corrected chi connectivity index (χ4v) is 13.6. The standard InChI is InChI=1S/C42H30O8S2/c43-51(44,45)49-41-37-33-15-34(30-12-26-22-9-21(25(26)11-29(30)33)17-5-1-2-6-18(17)22)38(37)42(50-52(46,47)48)40-36-16-35(39(40)41)31-13-27-23-10-24(28(27)14-32(31)36)20-8-4-3-7-19(20)23/h1-8,11-14,21-24,33-36H,9-10,15-16H2,(H,43,44,45)(H,46,47,48)/t21-,22?,23?,24-,33?,34+,35?,36?/m1/s1. The van der Waals surface area contributed by atoms with Crippen molar-refractivity contribution in [1.29, 1.82) is 0 Å². The minimum absolute atomic E-state index is 0.0891. The molecule has 8 nitrogen and oxygen atoms in total. The fourth-order valence-electron chi connectivity index (χ4n) is 12.8. The molecule has 0 amide bonds. The second-order valence-corrected chi connectivity index (χ2v) is 18.2. The van der Waals surface area contributed by atoms with Crippen molar-refractivity contribution in [1.82, 2.24) is 0 Å². The molecule has 2 N–H and O–H groups in total. The van der Waals surface area contributed by atoms with Gasteiger partial charge in [0, 0.05) is 69.6 Å². The molecule has 8 bridgehead atoms. The van der Waals surface area contributed by atoms with Crippen LogP contribution in [0.15, 0.2) is 72.8 Å². The average molecular weight is 727 g/mol. The van der Waals surface area contributed by atoms with E-state index in [0.717, 1.165) is 35.1 Å². The summed E-state index contributed by atoms with van der Waals surface area (Å²) in [5.41, 5.74) is 17.1. The molecule has 0 saturated heterocycles. The number of rotatable bonds is 4. The molecule has 0 aliphatic heterocycles. The zero-order chi connectivity index (χ0) is 34.7. The Bertz CT molecular complexity index is 2480. The van der Waals surface area contributed by atoms with Gasteiger partial charge in [0.05, 0.1) is 0 Å². The second kappa shape index (κ2) is 8.99. The third kappa shape index (κ3) is 3.37. The lowest BCUT2D eigenvalue weighted by Crippen LogP contribution is -2.20. The second-order valence-electron chi connectivity index (χ2n) is 16.2. The molecule has 5 unspecified atom stereocenters. The van der Waals surface area contributed by atoms with Crippen molar-refractivity contribution in [2.24, 2.45) is 0 Å². The predicted octanol–water partition coefficient (Wildman–Crippen LogP) is 7.97. The van der Waals surface area contributed by atoms with E-state index in [1.165, 1.54) is 44.5 Å².